The van der Waals surface area contributed by atoms with Gasteiger partial charge in [-0.25, -0.2) is 0 Å². The van der Waals surface area contributed by atoms with Crippen LogP contribution in [0.15, 0.2) is 42.5 Å². The molecule has 0 saturated carbocycles. The molecule has 6 heteroatoms. The first kappa shape index (κ1) is 22.5. The summed E-state index contributed by atoms with van der Waals surface area (Å²) < 4.78 is 11.1. The second-order valence-corrected chi connectivity index (χ2v) is 7.70. The molecule has 154 valence electrons. The quantitative estimate of drug-likeness (QED) is 0.526. The van der Waals surface area contributed by atoms with Crippen molar-refractivity contribution in [2.45, 2.75) is 38.4 Å². The average molecular weight is 409 g/mol. The maximum Gasteiger partial charge on any atom is 0.122 e. The molecule has 0 aliphatic rings. The Morgan fingerprint density at radius 2 is 1.54 bits per heavy atom. The van der Waals surface area contributed by atoms with E-state index in [1.165, 1.54) is 0 Å². The molecule has 0 bridgehead atoms. The molecule has 28 heavy (non-hydrogen) atoms. The third kappa shape index (κ3) is 5.85. The van der Waals surface area contributed by atoms with E-state index < -0.39 is 12.2 Å². The van der Waals surface area contributed by atoms with Gasteiger partial charge in [0.2, 0.25) is 0 Å². The summed E-state index contributed by atoms with van der Waals surface area (Å²) >= 11 is 5.58. The van der Waals surface area contributed by atoms with Gasteiger partial charge in [-0.1, -0.05) is 38.1 Å². The molecule has 0 aromatic heterocycles. The largest absolute Gasteiger partial charge is 0.491 e. The number of alkyl halides is 1. The molecule has 0 aliphatic heterocycles. The zero-order chi connectivity index (χ0) is 20.7. The summed E-state index contributed by atoms with van der Waals surface area (Å²) in [6.45, 7) is 6.14. The summed E-state index contributed by atoms with van der Waals surface area (Å²) in [5.41, 5.74) is 2.99. The first-order valence-electron chi connectivity index (χ1n) is 9.28. The van der Waals surface area contributed by atoms with Gasteiger partial charge in [0.05, 0.1) is 12.5 Å². The number of halogens is 1. The van der Waals surface area contributed by atoms with Crippen molar-refractivity contribution >= 4 is 11.6 Å². The van der Waals surface area contributed by atoms with E-state index in [4.69, 9.17) is 26.2 Å². The second-order valence-electron chi connectivity index (χ2n) is 7.40. The number of rotatable bonds is 10. The molecule has 2 atom stereocenters. The van der Waals surface area contributed by atoms with E-state index in [2.05, 4.69) is 19.9 Å². The molecule has 0 aliphatic carbocycles. The van der Waals surface area contributed by atoms with Crippen LogP contribution in [0.5, 0.6) is 11.5 Å². The normalized spacial score (nSPS) is 13.8. The van der Waals surface area contributed by atoms with Gasteiger partial charge in [-0.2, -0.15) is 0 Å². The first-order chi connectivity index (χ1) is 13.3. The highest BCUT2D eigenvalue weighted by Gasteiger charge is 2.24. The molecule has 2 rings (SSSR count). The standard InChI is InChI=1S/C22H29ClO5/c1-15-10-17(6-9-21(15)28-14-19(26)12-24)22(2,3)16-4-7-20(8-5-16)27-13-18(25)11-23/h4-10,18-19,24-26H,11-14H2,1-3H3. The van der Waals surface area contributed by atoms with Gasteiger partial charge in [0.15, 0.2) is 0 Å². The zero-order valence-corrected chi connectivity index (χ0v) is 17.3. The smallest absolute Gasteiger partial charge is 0.122 e. The molecule has 0 radical (unpaired) electrons. The summed E-state index contributed by atoms with van der Waals surface area (Å²) in [6.07, 6.45) is -1.57. The molecule has 0 fully saturated rings. The van der Waals surface area contributed by atoms with Crippen LogP contribution in [0, 0.1) is 6.92 Å². The highest BCUT2D eigenvalue weighted by Crippen LogP contribution is 2.34. The molecule has 2 unspecified atom stereocenters. The van der Waals surface area contributed by atoms with Crippen LogP contribution in [0.4, 0.5) is 0 Å². The monoisotopic (exact) mass is 408 g/mol. The van der Waals surface area contributed by atoms with E-state index in [1.807, 2.05) is 43.3 Å². The molecule has 0 heterocycles. The Kier molecular flexibility index (Phi) is 8.13. The van der Waals surface area contributed by atoms with E-state index in [1.54, 1.807) is 0 Å². The van der Waals surface area contributed by atoms with Gasteiger partial charge in [-0.05, 0) is 41.8 Å². The Labute approximate surface area is 171 Å². The Morgan fingerprint density at radius 3 is 2.11 bits per heavy atom. The van der Waals surface area contributed by atoms with Crippen LogP contribution in [0.25, 0.3) is 0 Å². The van der Waals surface area contributed by atoms with Crippen LogP contribution in [0.3, 0.4) is 0 Å². The number of aryl methyl sites for hydroxylation is 1. The topological polar surface area (TPSA) is 79.2 Å². The SMILES string of the molecule is Cc1cc(C(C)(C)c2ccc(OCC(O)CCl)cc2)ccc1OCC(O)CO. The van der Waals surface area contributed by atoms with E-state index in [-0.39, 0.29) is 31.1 Å². The average Bonchev–Trinajstić information content (AvgIpc) is 2.70. The summed E-state index contributed by atoms with van der Waals surface area (Å²) in [5.74, 6) is 1.52. The van der Waals surface area contributed by atoms with Gasteiger partial charge in [-0.15, -0.1) is 11.6 Å². The van der Waals surface area contributed by atoms with Gasteiger partial charge in [0.1, 0.15) is 36.9 Å². The Hall–Kier alpha value is -1.79. The summed E-state index contributed by atoms with van der Waals surface area (Å²) in [4.78, 5) is 0. The lowest BCUT2D eigenvalue weighted by atomic mass is 9.77. The van der Waals surface area contributed by atoms with Crippen LogP contribution >= 0.6 is 11.6 Å². The Bertz CT molecular complexity index is 745. The van der Waals surface area contributed by atoms with Crippen molar-refractivity contribution in [2.24, 2.45) is 0 Å². The van der Waals surface area contributed by atoms with Crippen molar-refractivity contribution < 1.29 is 24.8 Å². The summed E-state index contributed by atoms with van der Waals surface area (Å²) in [7, 11) is 0. The molecule has 0 saturated heterocycles. The molecule has 0 amide bonds. The van der Waals surface area contributed by atoms with Crippen LogP contribution in [0.1, 0.15) is 30.5 Å². The van der Waals surface area contributed by atoms with Crippen LogP contribution in [-0.4, -0.2) is 53.2 Å². The van der Waals surface area contributed by atoms with Crippen LogP contribution in [-0.2, 0) is 5.41 Å². The molecule has 2 aromatic carbocycles. The lowest BCUT2D eigenvalue weighted by Crippen LogP contribution is -2.22. The Morgan fingerprint density at radius 1 is 0.929 bits per heavy atom. The summed E-state index contributed by atoms with van der Waals surface area (Å²) in [6, 6.07) is 13.8. The minimum absolute atomic E-state index is 0.0555. The predicted molar refractivity (Wildman–Crippen MR) is 111 cm³/mol. The number of benzene rings is 2. The van der Waals surface area contributed by atoms with Crippen molar-refractivity contribution in [1.82, 2.24) is 0 Å². The van der Waals surface area contributed by atoms with Gasteiger partial charge in [0.25, 0.3) is 0 Å². The van der Waals surface area contributed by atoms with Crippen molar-refractivity contribution in [3.05, 3.63) is 59.2 Å². The molecule has 0 spiro atoms. The number of hydrogen-bond donors (Lipinski definition) is 3. The number of hydrogen-bond acceptors (Lipinski definition) is 5. The second kappa shape index (κ2) is 10.1. The van der Waals surface area contributed by atoms with Crippen molar-refractivity contribution in [1.29, 1.82) is 0 Å². The third-order valence-corrected chi connectivity index (χ3v) is 5.09. The number of aliphatic hydroxyl groups is 3. The maximum absolute atomic E-state index is 9.49. The number of aliphatic hydroxyl groups excluding tert-OH is 3. The minimum Gasteiger partial charge on any atom is -0.491 e. The fraction of sp³-hybridized carbons (Fsp3) is 0.455. The van der Waals surface area contributed by atoms with E-state index in [9.17, 15) is 10.2 Å². The highest BCUT2D eigenvalue weighted by molar-refractivity contribution is 6.18. The van der Waals surface area contributed by atoms with Gasteiger partial charge in [0, 0.05) is 5.41 Å². The molecule has 5 nitrogen and oxygen atoms in total. The first-order valence-corrected chi connectivity index (χ1v) is 9.81. The zero-order valence-electron chi connectivity index (χ0n) is 16.6. The fourth-order valence-electron chi connectivity index (χ4n) is 2.81. The molecular formula is C22H29ClO5. The van der Waals surface area contributed by atoms with Crippen LogP contribution < -0.4 is 9.47 Å². The van der Waals surface area contributed by atoms with E-state index in [0.29, 0.717) is 11.5 Å². The van der Waals surface area contributed by atoms with E-state index >= 15 is 0 Å². The lowest BCUT2D eigenvalue weighted by molar-refractivity contribution is 0.0534. The molecule has 3 N–H and O–H groups in total. The third-order valence-electron chi connectivity index (χ3n) is 4.74. The van der Waals surface area contributed by atoms with Crippen LogP contribution in [0.2, 0.25) is 0 Å². The maximum atomic E-state index is 9.49. The van der Waals surface area contributed by atoms with E-state index in [0.717, 1.165) is 16.7 Å². The van der Waals surface area contributed by atoms with Gasteiger partial charge < -0.3 is 24.8 Å². The van der Waals surface area contributed by atoms with Gasteiger partial charge in [-0.3, -0.25) is 0 Å². The Balaban J connectivity index is 2.11. The molecular weight excluding hydrogens is 380 g/mol. The fourth-order valence-corrected chi connectivity index (χ4v) is 2.90. The number of ether oxygens (including phenoxy) is 2. The van der Waals surface area contributed by atoms with Crippen molar-refractivity contribution in [3.8, 4) is 11.5 Å². The highest BCUT2D eigenvalue weighted by atomic mass is 35.5. The van der Waals surface area contributed by atoms with Crippen molar-refractivity contribution in [3.63, 3.8) is 0 Å². The van der Waals surface area contributed by atoms with Gasteiger partial charge >= 0.3 is 0 Å². The lowest BCUT2D eigenvalue weighted by Gasteiger charge is -2.27. The van der Waals surface area contributed by atoms with Crippen molar-refractivity contribution in [2.75, 3.05) is 25.7 Å². The minimum atomic E-state index is -0.887. The predicted octanol–water partition coefficient (Wildman–Crippen LogP) is 3.03. The summed E-state index contributed by atoms with van der Waals surface area (Å²) in [5, 5.41) is 27.8. The molecule has 2 aromatic rings.